The molecule has 0 bridgehead atoms. The zero-order chi connectivity index (χ0) is 36.6. The van der Waals surface area contributed by atoms with E-state index >= 15 is 0 Å². The molecule has 256 valence electrons. The molecule has 0 amide bonds. The maximum Gasteiger partial charge on any atom is 0.164 e. The van der Waals surface area contributed by atoms with E-state index in [2.05, 4.69) is 166 Å². The topological polar surface area (TPSA) is 38.7 Å². The lowest BCUT2D eigenvalue weighted by Gasteiger charge is -2.35. The molecule has 9 rings (SSSR count). The molecule has 0 N–H and O–H groups in total. The summed E-state index contributed by atoms with van der Waals surface area (Å²) in [5.74, 6) is 1.69. The normalized spacial score (nSPS) is 14.2. The van der Waals surface area contributed by atoms with Gasteiger partial charge in [0.25, 0.3) is 0 Å². The highest BCUT2D eigenvalue weighted by Crippen LogP contribution is 2.58. The maximum absolute atomic E-state index is 4.93. The van der Waals surface area contributed by atoms with Crippen LogP contribution in [0.1, 0.15) is 33.6 Å². The quantitative estimate of drug-likeness (QED) is 0.149. The fraction of sp³-hybridized carbons (Fsp3) is 0.0392. The molecule has 3 nitrogen and oxygen atoms in total. The lowest BCUT2D eigenvalue weighted by atomic mass is 9.66. The van der Waals surface area contributed by atoms with Gasteiger partial charge in [-0.3, -0.25) is 0 Å². The van der Waals surface area contributed by atoms with Crippen molar-refractivity contribution in [3.05, 3.63) is 229 Å². The van der Waals surface area contributed by atoms with Crippen molar-refractivity contribution in [3.8, 4) is 56.2 Å². The number of rotatable bonds is 8. The first-order chi connectivity index (χ1) is 26.5. The highest BCUT2D eigenvalue weighted by molar-refractivity contribution is 5.93. The minimum atomic E-state index is -0.504. The molecule has 1 aromatic heterocycles. The molecule has 0 fully saturated rings. The fourth-order valence-electron chi connectivity index (χ4n) is 8.02. The second-order valence-electron chi connectivity index (χ2n) is 13.8. The Morgan fingerprint density at radius 2 is 1.00 bits per heavy atom. The van der Waals surface area contributed by atoms with Gasteiger partial charge in [0.15, 0.2) is 17.5 Å². The number of aryl methyl sites for hydroxylation is 1. The Hall–Kier alpha value is -6.97. The largest absolute Gasteiger partial charge is 0.208 e. The van der Waals surface area contributed by atoms with Crippen LogP contribution in [-0.2, 0) is 5.41 Å². The third kappa shape index (κ3) is 5.50. The number of aromatic nitrogens is 3. The van der Waals surface area contributed by atoms with Crippen LogP contribution in [0, 0.1) is 6.92 Å². The van der Waals surface area contributed by atoms with Crippen molar-refractivity contribution in [1.29, 1.82) is 0 Å². The van der Waals surface area contributed by atoms with Gasteiger partial charge in [-0.25, -0.2) is 15.0 Å². The van der Waals surface area contributed by atoms with Gasteiger partial charge in [-0.15, -0.1) is 0 Å². The number of fused-ring (bicyclic) bond motifs is 3. The molecular weight excluding hydrogens is 655 g/mol. The third-order valence-electron chi connectivity index (χ3n) is 10.6. The van der Waals surface area contributed by atoms with E-state index in [9.17, 15) is 0 Å². The van der Waals surface area contributed by atoms with Crippen LogP contribution in [0.25, 0.3) is 61.7 Å². The van der Waals surface area contributed by atoms with Crippen LogP contribution in [-0.4, -0.2) is 15.0 Å². The lowest BCUT2D eigenvalue weighted by Crippen LogP contribution is -2.29. The molecule has 0 radical (unpaired) electrons. The smallest absolute Gasteiger partial charge is 0.164 e. The van der Waals surface area contributed by atoms with Gasteiger partial charge in [-0.1, -0.05) is 189 Å². The first kappa shape index (κ1) is 32.9. The summed E-state index contributed by atoms with van der Waals surface area (Å²) >= 11 is 0. The molecule has 0 saturated carbocycles. The zero-order valence-corrected chi connectivity index (χ0v) is 30.1. The molecule has 0 unspecified atom stereocenters. The molecule has 8 aromatic rings. The van der Waals surface area contributed by atoms with Crippen molar-refractivity contribution in [2.75, 3.05) is 0 Å². The molecule has 3 heteroatoms. The Morgan fingerprint density at radius 1 is 0.481 bits per heavy atom. The number of hydrogen-bond donors (Lipinski definition) is 0. The minimum absolute atomic E-state index is 0.504. The fourth-order valence-corrected chi connectivity index (χ4v) is 8.02. The Kier molecular flexibility index (Phi) is 8.25. The zero-order valence-electron chi connectivity index (χ0n) is 30.1. The second kappa shape index (κ2) is 13.5. The van der Waals surface area contributed by atoms with Crippen LogP contribution in [0.5, 0.6) is 0 Å². The van der Waals surface area contributed by atoms with Crippen molar-refractivity contribution in [2.24, 2.45) is 0 Å². The van der Waals surface area contributed by atoms with E-state index in [0.717, 1.165) is 27.8 Å². The predicted octanol–water partition coefficient (Wildman–Crippen LogP) is 12.4. The van der Waals surface area contributed by atoms with Gasteiger partial charge < -0.3 is 0 Å². The van der Waals surface area contributed by atoms with Crippen LogP contribution in [0.4, 0.5) is 0 Å². The van der Waals surface area contributed by atoms with E-state index in [1.54, 1.807) is 6.08 Å². The van der Waals surface area contributed by atoms with Crippen LogP contribution >= 0.6 is 0 Å². The van der Waals surface area contributed by atoms with Crippen molar-refractivity contribution >= 4 is 5.57 Å². The van der Waals surface area contributed by atoms with Crippen LogP contribution < -0.4 is 0 Å². The summed E-state index contributed by atoms with van der Waals surface area (Å²) in [7, 11) is 0. The van der Waals surface area contributed by atoms with Gasteiger partial charge in [-0.2, -0.15) is 0 Å². The molecule has 1 aliphatic rings. The molecular formula is C51H37N3. The predicted molar refractivity (Wildman–Crippen MR) is 223 cm³/mol. The molecule has 0 saturated heterocycles. The Morgan fingerprint density at radius 3 is 1.72 bits per heavy atom. The highest BCUT2D eigenvalue weighted by Gasteiger charge is 2.47. The SMILES string of the molecule is C=CC(=C)c1nc(-c2ccccc2)nc(-c2cccc(-c3cccc(-c4cccc5c4[C@@](c4ccccc4)(c4ccc(C)cc4)c4ccccc4-5)c3)c2)n1. The van der Waals surface area contributed by atoms with Crippen molar-refractivity contribution in [3.63, 3.8) is 0 Å². The molecule has 54 heavy (non-hydrogen) atoms. The van der Waals surface area contributed by atoms with E-state index in [0.29, 0.717) is 23.0 Å². The summed E-state index contributed by atoms with van der Waals surface area (Å²) in [6.45, 7) is 10.2. The summed E-state index contributed by atoms with van der Waals surface area (Å²) < 4.78 is 0. The van der Waals surface area contributed by atoms with Crippen molar-refractivity contribution < 1.29 is 0 Å². The third-order valence-corrected chi connectivity index (χ3v) is 10.6. The first-order valence-electron chi connectivity index (χ1n) is 18.2. The number of hydrogen-bond acceptors (Lipinski definition) is 3. The van der Waals surface area contributed by atoms with Gasteiger partial charge in [-0.05, 0) is 74.7 Å². The lowest BCUT2D eigenvalue weighted by molar-refractivity contribution is 0.770. The van der Waals surface area contributed by atoms with Gasteiger partial charge in [0.05, 0.1) is 5.41 Å². The van der Waals surface area contributed by atoms with Gasteiger partial charge >= 0.3 is 0 Å². The van der Waals surface area contributed by atoms with Crippen LogP contribution in [0.15, 0.2) is 195 Å². The molecule has 1 aliphatic carbocycles. The highest BCUT2D eigenvalue weighted by atomic mass is 15.0. The van der Waals surface area contributed by atoms with Crippen molar-refractivity contribution in [1.82, 2.24) is 15.0 Å². The van der Waals surface area contributed by atoms with Crippen molar-refractivity contribution in [2.45, 2.75) is 12.3 Å². The average Bonchev–Trinajstić information content (AvgIpc) is 3.55. The number of allylic oxidation sites excluding steroid dienone is 2. The molecule has 0 aliphatic heterocycles. The molecule has 1 heterocycles. The molecule has 7 aromatic carbocycles. The first-order valence-corrected chi connectivity index (χ1v) is 18.2. The Bertz CT molecular complexity index is 2690. The van der Waals surface area contributed by atoms with E-state index in [1.165, 1.54) is 44.5 Å². The van der Waals surface area contributed by atoms with E-state index < -0.39 is 5.41 Å². The summed E-state index contributed by atoms with van der Waals surface area (Å²) in [6.07, 6.45) is 1.68. The summed E-state index contributed by atoms with van der Waals surface area (Å²) in [5, 5.41) is 0. The van der Waals surface area contributed by atoms with Crippen LogP contribution in [0.2, 0.25) is 0 Å². The Labute approximate surface area is 316 Å². The summed E-state index contributed by atoms with van der Waals surface area (Å²) in [4.78, 5) is 14.5. The average molecular weight is 692 g/mol. The molecule has 0 spiro atoms. The summed E-state index contributed by atoms with van der Waals surface area (Å²) in [5.41, 5.74) is 15.4. The molecule has 1 atom stereocenters. The maximum atomic E-state index is 4.93. The summed E-state index contributed by atoms with van der Waals surface area (Å²) in [6, 6.07) is 63.1. The standard InChI is InChI=1S/C51H37N3/c1-4-35(3)48-52-49(36-16-7-5-8-17-36)54-50(53-48)40-21-14-19-38(33-40)37-18-13-20-39(32-37)43-25-15-26-45-44-24-11-12-27-46(44)51(47(43)45,41-22-9-6-10-23-41)42-30-28-34(2)29-31-42/h4-33H,1,3H2,2H3/t51-/m0/s1. The van der Waals surface area contributed by atoms with Gasteiger partial charge in [0.2, 0.25) is 0 Å². The number of benzene rings is 7. The van der Waals surface area contributed by atoms with E-state index in [-0.39, 0.29) is 0 Å². The second-order valence-corrected chi connectivity index (χ2v) is 13.8. The van der Waals surface area contributed by atoms with E-state index in [1.807, 2.05) is 30.3 Å². The minimum Gasteiger partial charge on any atom is -0.208 e. The number of nitrogens with zero attached hydrogens (tertiary/aromatic N) is 3. The van der Waals surface area contributed by atoms with Gasteiger partial charge in [0.1, 0.15) is 0 Å². The Balaban J connectivity index is 1.21. The van der Waals surface area contributed by atoms with Gasteiger partial charge in [0, 0.05) is 16.7 Å². The van der Waals surface area contributed by atoms with Crippen LogP contribution in [0.3, 0.4) is 0 Å². The monoisotopic (exact) mass is 691 g/mol. The van der Waals surface area contributed by atoms with E-state index in [4.69, 9.17) is 15.0 Å².